The molecule has 0 bridgehead atoms. The van der Waals surface area contributed by atoms with E-state index < -0.39 is 36.6 Å². The van der Waals surface area contributed by atoms with E-state index in [0.717, 1.165) is 0 Å². The monoisotopic (exact) mass is 490 g/mol. The van der Waals surface area contributed by atoms with E-state index in [9.17, 15) is 0 Å². The Balaban J connectivity index is -0.00000000272. The zero-order valence-corrected chi connectivity index (χ0v) is 26.5. The van der Waals surface area contributed by atoms with Crippen molar-refractivity contribution in [1.82, 2.24) is 0 Å². The first-order valence-corrected chi connectivity index (χ1v) is 3.54. The van der Waals surface area contributed by atoms with Gasteiger partial charge in [-0.15, -0.1) is 0 Å². The Morgan fingerprint density at radius 1 is 0.150 bits per heavy atom. The Kier molecular flexibility index (Phi) is 922. The summed E-state index contributed by atoms with van der Waals surface area (Å²) in [5.74, 6) is 0. The molecule has 0 aromatic carbocycles. The standard InChI is InChI=1S/5BO3.15Li.5H2O/c5*2-1(3)4;;;;;;;;;;;;;;;;;;;;/h;;;;;;;;;;;;;;;;;;;;5*1H2/q5*-3;15*+1;;;;;. The fourth-order valence-electron chi connectivity index (χ4n) is 0. The van der Waals surface area contributed by atoms with Crippen molar-refractivity contribution in [3.63, 3.8) is 0 Å². The summed E-state index contributed by atoms with van der Waals surface area (Å²) in [5, 5.41) is 126. The van der Waals surface area contributed by atoms with Crippen molar-refractivity contribution in [3.05, 3.63) is 0 Å². The second-order valence-corrected chi connectivity index (χ2v) is 1.44. The SMILES string of the molecule is O.O.O.O.O.[Li+].[Li+].[Li+].[Li+].[Li+].[Li+].[Li+].[Li+].[Li+].[Li+].[Li+].[Li+].[Li+].[Li+].[Li+].[O-]B([O-])[O-].[O-]B([O-])[O-].[O-]B([O-])[O-].[O-]B([O-])[O-].[O-]B([O-])[O-]. The normalized spacial score (nSPS) is 3.38. The summed E-state index contributed by atoms with van der Waals surface area (Å²) in [4.78, 5) is 0. The van der Waals surface area contributed by atoms with Gasteiger partial charge < -0.3 is 103 Å². The molecule has 160 valence electrons. The second-order valence-electron chi connectivity index (χ2n) is 1.44. The largest absolute Gasteiger partial charge is 1.00 e. The molecule has 40 heteroatoms. The van der Waals surface area contributed by atoms with Gasteiger partial charge in [-0.05, 0) is 0 Å². The van der Waals surface area contributed by atoms with Crippen LogP contribution in [0.15, 0.2) is 0 Å². The van der Waals surface area contributed by atoms with E-state index in [-0.39, 0.29) is 310 Å². The Morgan fingerprint density at radius 3 is 0.150 bits per heavy atom. The van der Waals surface area contributed by atoms with Gasteiger partial charge in [0.15, 0.2) is 0 Å². The first kappa shape index (κ1) is 198. The first-order chi connectivity index (χ1) is 8.66. The van der Waals surface area contributed by atoms with Crippen LogP contribution in [-0.2, 0) is 0 Å². The molecule has 0 saturated carbocycles. The van der Waals surface area contributed by atoms with Crippen LogP contribution in [0, 0.1) is 0 Å². The molecule has 0 aliphatic heterocycles. The first-order valence-electron chi connectivity index (χ1n) is 3.54. The molecule has 20 nitrogen and oxygen atoms in total. The van der Waals surface area contributed by atoms with Crippen LogP contribution in [0.4, 0.5) is 0 Å². The van der Waals surface area contributed by atoms with Crippen LogP contribution in [0.1, 0.15) is 0 Å². The second kappa shape index (κ2) is 186. The summed E-state index contributed by atoms with van der Waals surface area (Å²) >= 11 is 0. The van der Waals surface area contributed by atoms with Crippen molar-refractivity contribution >= 4 is 36.6 Å². The van der Waals surface area contributed by atoms with Gasteiger partial charge in [0, 0.05) is 0 Å². The van der Waals surface area contributed by atoms with Gasteiger partial charge in [0.1, 0.15) is 0 Å². The van der Waals surface area contributed by atoms with Crippen molar-refractivity contribution in [2.24, 2.45) is 0 Å². The van der Waals surface area contributed by atoms with Crippen LogP contribution in [0.5, 0.6) is 0 Å². The summed E-state index contributed by atoms with van der Waals surface area (Å²) in [5.41, 5.74) is 0. The smallest absolute Gasteiger partial charge is 0.907 e. The van der Waals surface area contributed by atoms with Crippen molar-refractivity contribution < 1.29 is 386 Å². The van der Waals surface area contributed by atoms with Gasteiger partial charge in [-0.1, -0.05) is 0 Å². The summed E-state index contributed by atoms with van der Waals surface area (Å²) in [7, 11) is -14.6. The molecular weight excluding hydrogens is 478 g/mol. The Hall–Kier alpha value is 8.49. The molecule has 0 heterocycles. The van der Waals surface area contributed by atoms with Crippen molar-refractivity contribution in [2.75, 3.05) is 0 Å². The van der Waals surface area contributed by atoms with Gasteiger partial charge in [-0.3, -0.25) is 36.6 Å². The molecule has 0 aliphatic rings. The maximum atomic E-state index is 8.42. The van der Waals surface area contributed by atoms with Gasteiger partial charge >= 0.3 is 283 Å². The molecule has 10 N–H and O–H groups in total. The fourth-order valence-corrected chi connectivity index (χ4v) is 0. The molecule has 0 fully saturated rings. The number of hydrogen-bond donors (Lipinski definition) is 0. The third kappa shape index (κ3) is 1340. The van der Waals surface area contributed by atoms with Gasteiger partial charge in [-0.25, -0.2) is 0 Å². The minimum Gasteiger partial charge on any atom is -0.907 e. The molecule has 0 unspecified atom stereocenters. The maximum Gasteiger partial charge on any atom is 1.00 e. The summed E-state index contributed by atoms with van der Waals surface area (Å²) < 4.78 is 0. The van der Waals surface area contributed by atoms with Crippen LogP contribution < -0.4 is 358 Å². The summed E-state index contributed by atoms with van der Waals surface area (Å²) in [6.45, 7) is 0. The zero-order chi connectivity index (χ0) is 17.9. The topological polar surface area (TPSA) is 503 Å². The van der Waals surface area contributed by atoms with Crippen LogP contribution in [0.25, 0.3) is 0 Å². The third-order valence-corrected chi connectivity index (χ3v) is 0. The Labute approximate surface area is 415 Å². The van der Waals surface area contributed by atoms with E-state index in [2.05, 4.69) is 0 Å². The van der Waals surface area contributed by atoms with E-state index in [1.807, 2.05) is 0 Å². The van der Waals surface area contributed by atoms with E-state index in [1.54, 1.807) is 0 Å². The van der Waals surface area contributed by atoms with E-state index in [4.69, 9.17) is 75.4 Å². The van der Waals surface area contributed by atoms with Crippen LogP contribution >= 0.6 is 0 Å². The van der Waals surface area contributed by atoms with Gasteiger partial charge in [0.2, 0.25) is 0 Å². The fraction of sp³-hybridized carbons (Fsp3) is 0. The average Bonchev–Trinajstić information content (AvgIpc) is 1.94. The Bertz CT molecular complexity index is 115. The average molecular weight is 488 g/mol. The molecule has 0 saturated heterocycles. The summed E-state index contributed by atoms with van der Waals surface area (Å²) in [6.07, 6.45) is 0. The minimum absolute atomic E-state index is 0. The summed E-state index contributed by atoms with van der Waals surface area (Å²) in [6, 6.07) is 0. The van der Waals surface area contributed by atoms with Crippen molar-refractivity contribution in [1.29, 1.82) is 0 Å². The third-order valence-electron chi connectivity index (χ3n) is 0. The molecule has 0 amide bonds. The predicted octanol–water partition coefficient (Wildman–Crippen LogP) is -68.8. The maximum absolute atomic E-state index is 8.42. The van der Waals surface area contributed by atoms with Crippen LogP contribution in [0.2, 0.25) is 0 Å². The van der Waals surface area contributed by atoms with Gasteiger partial charge in [-0.2, -0.15) is 0 Å². The minimum atomic E-state index is -2.92. The van der Waals surface area contributed by atoms with Gasteiger partial charge in [0.05, 0.1) is 0 Å². The molecule has 40 heavy (non-hydrogen) atoms. The van der Waals surface area contributed by atoms with Gasteiger partial charge in [0.25, 0.3) is 0 Å². The molecule has 0 aliphatic carbocycles. The quantitative estimate of drug-likeness (QED) is 0.285. The molecule has 0 rings (SSSR count). The van der Waals surface area contributed by atoms with E-state index in [1.165, 1.54) is 0 Å². The molecule has 0 aromatic heterocycles. The molecule has 0 aromatic rings. The molecular formula is H10B5Li15O20. The molecule has 0 spiro atoms. The van der Waals surface area contributed by atoms with Crippen molar-refractivity contribution in [3.8, 4) is 0 Å². The zero-order valence-electron chi connectivity index (χ0n) is 26.5. The number of hydrogen-bond acceptors (Lipinski definition) is 15. The molecule has 0 atom stereocenters. The van der Waals surface area contributed by atoms with Crippen LogP contribution in [0.3, 0.4) is 0 Å². The predicted molar refractivity (Wildman–Crippen MR) is 46.8 cm³/mol. The van der Waals surface area contributed by atoms with E-state index >= 15 is 0 Å². The number of rotatable bonds is 0. The molecule has 0 radical (unpaired) electrons. The van der Waals surface area contributed by atoms with E-state index in [0.29, 0.717) is 0 Å². The van der Waals surface area contributed by atoms with Crippen molar-refractivity contribution in [2.45, 2.75) is 0 Å². The Morgan fingerprint density at radius 2 is 0.150 bits per heavy atom. The van der Waals surface area contributed by atoms with Crippen LogP contribution in [-0.4, -0.2) is 64.0 Å².